The molecule has 7 rings (SSSR count). The van der Waals surface area contributed by atoms with E-state index in [1.807, 2.05) is 37.3 Å². The van der Waals surface area contributed by atoms with Crippen molar-refractivity contribution in [2.45, 2.75) is 19.4 Å². The second-order valence-electron chi connectivity index (χ2n) is 9.58. The molecule has 3 N–H and O–H groups in total. The molecule has 1 aliphatic rings. The standard InChI is InChI=1S/C33H27N3O/c1-2-3-14-24-28-20-26-27(17-18-30-31(26)25-15-7-8-16-29(25)37-30)36(28)33(32(24)34)35-23-13-9-12-22(19-23)21-10-5-4-6-11-21/h2-12,14-20,23,35H,13,34H2,1H3/b3-2-,24-14+. The summed E-state index contributed by atoms with van der Waals surface area (Å²) in [6, 6.07) is 25.3. The van der Waals surface area contributed by atoms with E-state index in [2.05, 4.69) is 88.6 Å². The highest BCUT2D eigenvalue weighted by Gasteiger charge is 2.21. The predicted octanol–water partition coefficient (Wildman–Crippen LogP) is 7.47. The number of furan rings is 1. The monoisotopic (exact) mass is 481 g/mol. The SMILES string of the molecule is C/C=C\C=c1\c(N)c(NC2C=C(c3ccccc3)C=CC2)n2c1cc1c3c(ccc12)oc1ccccc13. The molecular weight excluding hydrogens is 454 g/mol. The maximum absolute atomic E-state index is 6.83. The van der Waals surface area contributed by atoms with Gasteiger partial charge in [0, 0.05) is 21.4 Å². The van der Waals surface area contributed by atoms with Crippen molar-refractivity contribution in [3.63, 3.8) is 0 Å². The van der Waals surface area contributed by atoms with Crippen LogP contribution in [-0.2, 0) is 0 Å². The minimum atomic E-state index is 0.124. The van der Waals surface area contributed by atoms with Crippen LogP contribution in [0.5, 0.6) is 0 Å². The van der Waals surface area contributed by atoms with Crippen LogP contribution in [0, 0.1) is 0 Å². The predicted molar refractivity (Wildman–Crippen MR) is 157 cm³/mol. The number of nitrogens with two attached hydrogens (primary N) is 1. The zero-order valence-electron chi connectivity index (χ0n) is 20.6. The number of allylic oxidation sites excluding steroid dienone is 4. The third-order valence-corrected chi connectivity index (χ3v) is 7.32. The van der Waals surface area contributed by atoms with Crippen molar-refractivity contribution in [3.8, 4) is 0 Å². The van der Waals surface area contributed by atoms with E-state index in [0.29, 0.717) is 0 Å². The first-order chi connectivity index (χ1) is 18.2. The van der Waals surface area contributed by atoms with Gasteiger partial charge in [-0.2, -0.15) is 0 Å². The van der Waals surface area contributed by atoms with Gasteiger partial charge in [0.15, 0.2) is 0 Å². The average molecular weight is 482 g/mol. The Bertz CT molecular complexity index is 1950. The second kappa shape index (κ2) is 8.45. The molecule has 1 unspecified atom stereocenters. The Balaban J connectivity index is 1.45. The summed E-state index contributed by atoms with van der Waals surface area (Å²) in [5, 5.41) is 8.25. The van der Waals surface area contributed by atoms with Gasteiger partial charge in [-0.05, 0) is 48.7 Å². The van der Waals surface area contributed by atoms with Gasteiger partial charge in [0.1, 0.15) is 17.0 Å². The third-order valence-electron chi connectivity index (χ3n) is 7.32. The lowest BCUT2D eigenvalue weighted by atomic mass is 9.97. The van der Waals surface area contributed by atoms with E-state index in [1.54, 1.807) is 0 Å². The van der Waals surface area contributed by atoms with Crippen molar-refractivity contribution in [3.05, 3.63) is 114 Å². The summed E-state index contributed by atoms with van der Waals surface area (Å²) in [6.07, 6.45) is 13.8. The Kier molecular flexibility index (Phi) is 4.93. The highest BCUT2D eigenvalue weighted by molar-refractivity contribution is 6.20. The molecule has 180 valence electrons. The van der Waals surface area contributed by atoms with Crippen LogP contribution < -0.4 is 16.3 Å². The minimum Gasteiger partial charge on any atom is -0.456 e. The van der Waals surface area contributed by atoms with E-state index in [4.69, 9.17) is 10.2 Å². The summed E-state index contributed by atoms with van der Waals surface area (Å²) in [7, 11) is 0. The molecule has 1 aliphatic carbocycles. The van der Waals surface area contributed by atoms with Crippen molar-refractivity contribution in [2.75, 3.05) is 11.1 Å². The van der Waals surface area contributed by atoms with E-state index < -0.39 is 0 Å². The van der Waals surface area contributed by atoms with Crippen LogP contribution in [0.4, 0.5) is 11.5 Å². The first-order valence-electron chi connectivity index (χ1n) is 12.7. The zero-order valence-corrected chi connectivity index (χ0v) is 20.6. The number of benzene rings is 3. The van der Waals surface area contributed by atoms with Gasteiger partial charge < -0.3 is 15.5 Å². The molecule has 0 fully saturated rings. The lowest BCUT2D eigenvalue weighted by molar-refractivity contribution is 0.669. The summed E-state index contributed by atoms with van der Waals surface area (Å²) >= 11 is 0. The van der Waals surface area contributed by atoms with Crippen LogP contribution in [0.1, 0.15) is 18.9 Å². The van der Waals surface area contributed by atoms with Gasteiger partial charge in [-0.1, -0.05) is 85.0 Å². The highest BCUT2D eigenvalue weighted by Crippen LogP contribution is 2.38. The van der Waals surface area contributed by atoms with Crippen molar-refractivity contribution in [1.82, 2.24) is 4.40 Å². The summed E-state index contributed by atoms with van der Waals surface area (Å²) < 4.78 is 8.45. The van der Waals surface area contributed by atoms with Gasteiger partial charge in [0.25, 0.3) is 0 Å². The number of rotatable bonds is 4. The van der Waals surface area contributed by atoms with Crippen molar-refractivity contribution < 1.29 is 4.42 Å². The van der Waals surface area contributed by atoms with E-state index >= 15 is 0 Å². The molecular formula is C33H27N3O. The fraction of sp³-hybridized carbons (Fsp3) is 0.0909. The largest absolute Gasteiger partial charge is 0.456 e. The number of fused-ring (bicyclic) bond motifs is 7. The molecule has 0 amide bonds. The van der Waals surface area contributed by atoms with E-state index in [0.717, 1.165) is 56.1 Å². The number of nitrogens with one attached hydrogen (secondary N) is 1. The molecule has 0 saturated carbocycles. The maximum Gasteiger partial charge on any atom is 0.136 e. The molecule has 4 heteroatoms. The topological polar surface area (TPSA) is 55.6 Å². The van der Waals surface area contributed by atoms with Crippen LogP contribution in [0.25, 0.3) is 50.0 Å². The second-order valence-corrected chi connectivity index (χ2v) is 9.58. The number of nitrogens with zero attached hydrogens (tertiary/aromatic N) is 1. The molecule has 0 spiro atoms. The van der Waals surface area contributed by atoms with E-state index in [9.17, 15) is 0 Å². The number of anilines is 2. The molecule has 0 bridgehead atoms. The smallest absolute Gasteiger partial charge is 0.136 e. The van der Waals surface area contributed by atoms with Crippen molar-refractivity contribution in [2.24, 2.45) is 0 Å². The quantitative estimate of drug-likeness (QED) is 0.274. The van der Waals surface area contributed by atoms with Crippen LogP contribution in [-0.4, -0.2) is 10.4 Å². The van der Waals surface area contributed by atoms with Gasteiger partial charge in [-0.25, -0.2) is 0 Å². The normalized spacial score (nSPS) is 16.6. The van der Waals surface area contributed by atoms with Crippen LogP contribution in [0.3, 0.4) is 0 Å². The first-order valence-corrected chi connectivity index (χ1v) is 12.7. The van der Waals surface area contributed by atoms with Crippen LogP contribution in [0.15, 0.2) is 108 Å². The minimum absolute atomic E-state index is 0.124. The van der Waals surface area contributed by atoms with Gasteiger partial charge in [0.2, 0.25) is 0 Å². The molecule has 37 heavy (non-hydrogen) atoms. The van der Waals surface area contributed by atoms with Gasteiger partial charge in [-0.15, -0.1) is 0 Å². The number of para-hydroxylation sites is 1. The zero-order chi connectivity index (χ0) is 24.9. The Labute approximate surface area is 214 Å². The molecule has 1 atom stereocenters. The number of hydrogen-bond acceptors (Lipinski definition) is 3. The Hall–Kier alpha value is -4.70. The molecule has 3 aromatic heterocycles. The highest BCUT2D eigenvalue weighted by atomic mass is 16.3. The van der Waals surface area contributed by atoms with Crippen molar-refractivity contribution >= 4 is 61.5 Å². The molecule has 6 aromatic rings. The maximum atomic E-state index is 6.83. The molecule has 3 heterocycles. The number of nitrogen functional groups attached to an aromatic ring is 1. The first kappa shape index (κ1) is 21.6. The van der Waals surface area contributed by atoms with Gasteiger partial charge in [-0.3, -0.25) is 4.40 Å². The summed E-state index contributed by atoms with van der Waals surface area (Å²) in [5.41, 5.74) is 14.0. The average Bonchev–Trinajstić information content (AvgIpc) is 3.57. The van der Waals surface area contributed by atoms with Crippen molar-refractivity contribution in [1.29, 1.82) is 0 Å². The van der Waals surface area contributed by atoms with Crippen LogP contribution >= 0.6 is 0 Å². The summed E-state index contributed by atoms with van der Waals surface area (Å²) in [4.78, 5) is 0. The Morgan fingerprint density at radius 3 is 2.65 bits per heavy atom. The number of hydrogen-bond donors (Lipinski definition) is 2. The third kappa shape index (κ3) is 3.37. The lowest BCUT2D eigenvalue weighted by Crippen LogP contribution is -2.20. The molecule has 0 aliphatic heterocycles. The molecule has 4 nitrogen and oxygen atoms in total. The van der Waals surface area contributed by atoms with E-state index in [1.165, 1.54) is 16.5 Å². The Morgan fingerprint density at radius 1 is 0.946 bits per heavy atom. The fourth-order valence-corrected chi connectivity index (χ4v) is 5.62. The summed E-state index contributed by atoms with van der Waals surface area (Å²) in [6.45, 7) is 2.02. The molecule has 0 saturated heterocycles. The number of aromatic nitrogens is 1. The Morgan fingerprint density at radius 2 is 1.78 bits per heavy atom. The van der Waals surface area contributed by atoms with Crippen LogP contribution in [0.2, 0.25) is 0 Å². The molecule has 3 aromatic carbocycles. The lowest BCUT2D eigenvalue weighted by Gasteiger charge is -2.20. The van der Waals surface area contributed by atoms with Gasteiger partial charge >= 0.3 is 0 Å². The van der Waals surface area contributed by atoms with Gasteiger partial charge in [0.05, 0.1) is 22.8 Å². The van der Waals surface area contributed by atoms with E-state index in [-0.39, 0.29) is 6.04 Å². The fourth-order valence-electron chi connectivity index (χ4n) is 5.62. The molecule has 0 radical (unpaired) electrons. The summed E-state index contributed by atoms with van der Waals surface area (Å²) in [5.74, 6) is 0.928.